The Morgan fingerprint density at radius 2 is 1.77 bits per heavy atom. The van der Waals surface area contributed by atoms with Crippen molar-refractivity contribution in [3.8, 4) is 5.75 Å². The van der Waals surface area contributed by atoms with Gasteiger partial charge in [-0.3, -0.25) is 28.9 Å². The average Bonchev–Trinajstić information content (AvgIpc) is 3.34. The molecule has 0 spiro atoms. The van der Waals surface area contributed by atoms with Crippen LogP contribution in [0.4, 0.5) is 10.1 Å². The van der Waals surface area contributed by atoms with E-state index in [0.717, 1.165) is 16.5 Å². The van der Waals surface area contributed by atoms with Gasteiger partial charge < -0.3 is 10.2 Å². The summed E-state index contributed by atoms with van der Waals surface area (Å²) in [5.41, 5.74) is -0.0201. The lowest BCUT2D eigenvalue weighted by atomic mass is 9.51. The van der Waals surface area contributed by atoms with E-state index < -0.39 is 58.6 Å². The van der Waals surface area contributed by atoms with Crippen LogP contribution in [0.3, 0.4) is 0 Å². The van der Waals surface area contributed by atoms with Crippen molar-refractivity contribution in [2.75, 3.05) is 11.4 Å². The second kappa shape index (κ2) is 11.1. The molecule has 2 saturated heterocycles. The summed E-state index contributed by atoms with van der Waals surface area (Å²) < 4.78 is 14.0. The smallest absolute Gasteiger partial charge is 0.303 e. The molecule has 0 unspecified atom stereocenters. The summed E-state index contributed by atoms with van der Waals surface area (Å²) in [6.07, 6.45) is 3.84. The van der Waals surface area contributed by atoms with E-state index >= 15 is 0 Å². The van der Waals surface area contributed by atoms with Gasteiger partial charge in [-0.05, 0) is 62.8 Å². The Kier molecular flexibility index (Phi) is 7.60. The van der Waals surface area contributed by atoms with Gasteiger partial charge in [-0.2, -0.15) is 0 Å². The van der Waals surface area contributed by atoms with Gasteiger partial charge in [-0.1, -0.05) is 47.9 Å². The van der Waals surface area contributed by atoms with Crippen molar-refractivity contribution in [1.29, 1.82) is 0 Å². The molecule has 44 heavy (non-hydrogen) atoms. The summed E-state index contributed by atoms with van der Waals surface area (Å²) >= 11 is 6.03. The number of benzene rings is 2. The Morgan fingerprint density at radius 1 is 1.02 bits per heavy atom. The summed E-state index contributed by atoms with van der Waals surface area (Å²) in [6.45, 7) is 1.89. The van der Waals surface area contributed by atoms with Gasteiger partial charge in [0.1, 0.15) is 11.6 Å². The van der Waals surface area contributed by atoms with E-state index in [0.29, 0.717) is 24.8 Å². The number of aromatic hydroxyl groups is 1. The molecule has 4 aliphatic rings. The first-order valence-corrected chi connectivity index (χ1v) is 15.2. The predicted molar refractivity (Wildman–Crippen MR) is 157 cm³/mol. The Hall–Kier alpha value is -4.05. The van der Waals surface area contributed by atoms with Crippen molar-refractivity contribution in [1.82, 2.24) is 4.90 Å². The highest BCUT2D eigenvalue weighted by Gasteiger charge is 2.67. The van der Waals surface area contributed by atoms with E-state index in [1.54, 1.807) is 25.1 Å². The van der Waals surface area contributed by atoms with Gasteiger partial charge >= 0.3 is 5.97 Å². The van der Waals surface area contributed by atoms with E-state index in [2.05, 4.69) is 0 Å². The van der Waals surface area contributed by atoms with Gasteiger partial charge in [0.25, 0.3) is 0 Å². The Labute approximate surface area is 258 Å². The number of imide groups is 2. The number of anilines is 1. The number of allylic oxidation sites excluding steroid dienone is 2. The molecule has 6 rings (SSSR count). The van der Waals surface area contributed by atoms with Crippen molar-refractivity contribution >= 4 is 46.9 Å². The number of phenols is 1. The van der Waals surface area contributed by atoms with Crippen LogP contribution in [0.25, 0.3) is 0 Å². The molecule has 0 bridgehead atoms. The summed E-state index contributed by atoms with van der Waals surface area (Å²) in [6, 6.07) is 10.3. The quantitative estimate of drug-likeness (QED) is 0.239. The number of para-hydroxylation sites is 1. The number of nitrogens with zero attached hydrogens (tertiary/aromatic N) is 2. The van der Waals surface area contributed by atoms with Crippen LogP contribution < -0.4 is 4.90 Å². The number of unbranched alkanes of at least 4 members (excludes halogenated alkanes) is 2. The minimum atomic E-state index is -1.35. The number of fused-ring (bicyclic) bond motifs is 4. The molecule has 2 aliphatic heterocycles. The zero-order valence-corrected chi connectivity index (χ0v) is 24.8. The fraction of sp³-hybridized carbons (Fsp3) is 0.424. The first-order chi connectivity index (χ1) is 21.0. The third kappa shape index (κ3) is 4.53. The van der Waals surface area contributed by atoms with Crippen molar-refractivity contribution in [3.63, 3.8) is 0 Å². The van der Waals surface area contributed by atoms with Crippen LogP contribution in [0.1, 0.15) is 56.9 Å². The summed E-state index contributed by atoms with van der Waals surface area (Å²) in [4.78, 5) is 69.0. The zero-order valence-electron chi connectivity index (χ0n) is 24.0. The van der Waals surface area contributed by atoms with Gasteiger partial charge in [0.05, 0.1) is 33.9 Å². The topological polar surface area (TPSA) is 132 Å². The summed E-state index contributed by atoms with van der Waals surface area (Å²) in [5, 5.41) is 19.7. The van der Waals surface area contributed by atoms with Crippen molar-refractivity contribution in [3.05, 3.63) is 70.5 Å². The van der Waals surface area contributed by atoms with Crippen molar-refractivity contribution < 1.29 is 38.6 Å². The average molecular weight is 623 g/mol. The molecule has 2 heterocycles. The number of carboxylic acid groups (broad SMARTS) is 1. The minimum Gasteiger partial charge on any atom is -0.508 e. The molecular weight excluding hydrogens is 591 g/mol. The number of hydrogen-bond acceptors (Lipinski definition) is 6. The van der Waals surface area contributed by atoms with E-state index in [1.165, 1.54) is 23.1 Å². The number of carboxylic acids is 1. The van der Waals surface area contributed by atoms with Crippen LogP contribution in [0.5, 0.6) is 5.75 Å². The Balaban J connectivity index is 1.38. The number of rotatable bonds is 8. The number of phenolic OH excluding ortho intramolecular Hbond substituents is 1. The molecule has 9 nitrogen and oxygen atoms in total. The Morgan fingerprint density at radius 3 is 2.48 bits per heavy atom. The summed E-state index contributed by atoms with van der Waals surface area (Å²) in [5.74, 6) is -6.78. The van der Waals surface area contributed by atoms with E-state index in [9.17, 15) is 33.5 Å². The maximum absolute atomic E-state index is 14.3. The van der Waals surface area contributed by atoms with Gasteiger partial charge in [0.2, 0.25) is 23.6 Å². The molecule has 1 saturated carbocycles. The fourth-order valence-electron chi connectivity index (χ4n) is 7.97. The molecule has 2 aliphatic carbocycles. The third-order valence-corrected chi connectivity index (χ3v) is 10.3. The molecule has 0 radical (unpaired) electrons. The zero-order chi connectivity index (χ0) is 31.5. The molecule has 230 valence electrons. The molecule has 4 amide bonds. The van der Waals surface area contributed by atoms with E-state index in [1.807, 2.05) is 6.08 Å². The summed E-state index contributed by atoms with van der Waals surface area (Å²) in [7, 11) is 0. The van der Waals surface area contributed by atoms with Gasteiger partial charge in [0.15, 0.2) is 0 Å². The lowest BCUT2D eigenvalue weighted by Crippen LogP contribution is -2.48. The van der Waals surface area contributed by atoms with Crippen molar-refractivity contribution in [2.24, 2.45) is 29.1 Å². The lowest BCUT2D eigenvalue weighted by molar-refractivity contribution is -0.141. The second-order valence-electron chi connectivity index (χ2n) is 12.4. The first-order valence-electron chi connectivity index (χ1n) is 14.8. The third-order valence-electron chi connectivity index (χ3n) is 10.0. The van der Waals surface area contributed by atoms with Crippen LogP contribution in [0, 0.1) is 34.9 Å². The first kappa shape index (κ1) is 30.0. The number of aliphatic carboxylic acids is 1. The molecule has 2 N–H and O–H groups in total. The lowest BCUT2D eigenvalue weighted by Gasteiger charge is -2.49. The van der Waals surface area contributed by atoms with Crippen LogP contribution in [0.15, 0.2) is 54.1 Å². The van der Waals surface area contributed by atoms with Gasteiger partial charge in [-0.25, -0.2) is 9.29 Å². The van der Waals surface area contributed by atoms with E-state index in [-0.39, 0.29) is 54.1 Å². The van der Waals surface area contributed by atoms with E-state index in [4.69, 9.17) is 16.7 Å². The highest BCUT2D eigenvalue weighted by atomic mass is 35.5. The predicted octanol–water partition coefficient (Wildman–Crippen LogP) is 5.06. The second-order valence-corrected chi connectivity index (χ2v) is 12.8. The van der Waals surface area contributed by atoms with Crippen LogP contribution in [-0.4, -0.2) is 51.3 Å². The highest BCUT2D eigenvalue weighted by molar-refractivity contribution is 6.31. The molecule has 3 fully saturated rings. The maximum atomic E-state index is 14.3. The molecule has 2 aromatic carbocycles. The number of carbonyl (C=O) groups excluding carboxylic acids is 4. The van der Waals surface area contributed by atoms with Crippen molar-refractivity contribution in [2.45, 2.75) is 51.4 Å². The SMILES string of the molecule is C[C@@]12C(=O)N(c3ccc(F)c(Cl)c3)C(=O)[C@@H]1C[C@@H]1C(=CC[C@@H]3C(=O)N(CCCCCC(=O)O)C(=O)[C@@H]31)[C@@H]2c1ccccc1O. The van der Waals surface area contributed by atoms with Crippen LogP contribution in [0.2, 0.25) is 5.02 Å². The van der Waals surface area contributed by atoms with Crippen LogP contribution >= 0.6 is 11.6 Å². The number of amides is 4. The number of hydrogen-bond donors (Lipinski definition) is 2. The highest BCUT2D eigenvalue weighted by Crippen LogP contribution is 2.64. The van der Waals surface area contributed by atoms with Crippen LogP contribution in [-0.2, 0) is 24.0 Å². The van der Waals surface area contributed by atoms with Gasteiger partial charge in [-0.15, -0.1) is 0 Å². The van der Waals surface area contributed by atoms with Gasteiger partial charge in [0, 0.05) is 24.4 Å². The normalized spacial score (nSPS) is 29.4. The molecule has 0 aromatic heterocycles. The number of likely N-dealkylation sites (tertiary alicyclic amines) is 1. The number of carbonyl (C=O) groups is 5. The number of halogens is 2. The Bertz CT molecular complexity index is 1620. The molecular formula is C33H32ClFN2O7. The molecule has 2 aromatic rings. The minimum absolute atomic E-state index is 0.0181. The maximum Gasteiger partial charge on any atom is 0.303 e. The fourth-order valence-corrected chi connectivity index (χ4v) is 8.14. The molecule has 11 heteroatoms. The standard InChI is InChI=1S/C33H32ClFN2O7/c1-33-22(30(42)37(32(33)44)17-10-13-24(35)23(34)15-17)16-21-18(28(33)19-7-4-5-8-25(19)38)11-12-20-27(21)31(43)36(29(20)41)14-6-2-3-9-26(39)40/h4-5,7-8,10-11,13,15,20-22,27-28,38H,2-3,6,9,12,14,16H2,1H3,(H,39,40)/t20-,21+,22-,27-,28+,33+/m0/s1. The monoisotopic (exact) mass is 622 g/mol. The largest absolute Gasteiger partial charge is 0.508 e. The molecule has 6 atom stereocenters.